The molecule has 2 heteroatoms. The second-order valence-corrected chi connectivity index (χ2v) is 5.18. The molecule has 0 aromatic heterocycles. The topological polar surface area (TPSA) is 32.3 Å². The van der Waals surface area contributed by atoms with Crippen LogP contribution in [0.2, 0.25) is 0 Å². The lowest BCUT2D eigenvalue weighted by molar-refractivity contribution is 0.109. The Morgan fingerprint density at radius 3 is 2.29 bits per heavy atom. The molecule has 2 rings (SSSR count). The molecule has 2 aliphatic rings. The highest BCUT2D eigenvalue weighted by atomic mass is 16.3. The summed E-state index contributed by atoms with van der Waals surface area (Å²) in [5.41, 5.74) is 0.0911. The number of hydrogen-bond donors (Lipinski definition) is 2. The van der Waals surface area contributed by atoms with Crippen LogP contribution in [0.4, 0.5) is 0 Å². The third-order valence-electron chi connectivity index (χ3n) is 4.10. The standard InChI is InChI=1S/C12H23NO/c14-10-12(7-2-1-3-8-12)13-9-11-5-4-6-11/h11,13-14H,1-10H2. The van der Waals surface area contributed by atoms with E-state index in [1.165, 1.54) is 51.4 Å². The molecular formula is C12H23NO. The highest BCUT2D eigenvalue weighted by Gasteiger charge is 2.31. The number of hydrogen-bond acceptors (Lipinski definition) is 2. The summed E-state index contributed by atoms with van der Waals surface area (Å²) in [6.45, 7) is 1.47. The minimum atomic E-state index is 0.0911. The summed E-state index contributed by atoms with van der Waals surface area (Å²) in [5.74, 6) is 0.903. The van der Waals surface area contributed by atoms with Crippen molar-refractivity contribution in [3.63, 3.8) is 0 Å². The van der Waals surface area contributed by atoms with Gasteiger partial charge in [-0.1, -0.05) is 25.7 Å². The summed E-state index contributed by atoms with van der Waals surface area (Å²) < 4.78 is 0. The minimum Gasteiger partial charge on any atom is -0.394 e. The number of nitrogens with one attached hydrogen (secondary N) is 1. The average Bonchev–Trinajstić information content (AvgIpc) is 2.17. The fourth-order valence-electron chi connectivity index (χ4n) is 2.68. The molecular weight excluding hydrogens is 174 g/mol. The molecule has 0 unspecified atom stereocenters. The highest BCUT2D eigenvalue weighted by Crippen LogP contribution is 2.30. The molecule has 0 amide bonds. The van der Waals surface area contributed by atoms with E-state index in [9.17, 15) is 5.11 Å². The van der Waals surface area contributed by atoms with E-state index >= 15 is 0 Å². The van der Waals surface area contributed by atoms with E-state index in [1.54, 1.807) is 0 Å². The Kier molecular flexibility index (Phi) is 3.45. The van der Waals surface area contributed by atoms with Gasteiger partial charge < -0.3 is 10.4 Å². The molecule has 2 fully saturated rings. The molecule has 0 aromatic rings. The number of aliphatic hydroxyl groups is 1. The van der Waals surface area contributed by atoms with Gasteiger partial charge >= 0.3 is 0 Å². The van der Waals surface area contributed by atoms with Crippen LogP contribution >= 0.6 is 0 Å². The molecule has 0 aromatic carbocycles. The van der Waals surface area contributed by atoms with Crippen molar-refractivity contribution in [2.75, 3.05) is 13.2 Å². The van der Waals surface area contributed by atoms with Gasteiger partial charge in [-0.2, -0.15) is 0 Å². The Bertz CT molecular complexity index is 171. The molecule has 2 N–H and O–H groups in total. The molecule has 0 spiro atoms. The molecule has 2 aliphatic carbocycles. The SMILES string of the molecule is OCC1(NCC2CCC2)CCCCC1. The van der Waals surface area contributed by atoms with Crippen molar-refractivity contribution in [3.8, 4) is 0 Å². The van der Waals surface area contributed by atoms with Crippen molar-refractivity contribution >= 4 is 0 Å². The maximum Gasteiger partial charge on any atom is 0.0613 e. The average molecular weight is 197 g/mol. The van der Waals surface area contributed by atoms with Crippen molar-refractivity contribution in [1.82, 2.24) is 5.32 Å². The van der Waals surface area contributed by atoms with Gasteiger partial charge in [-0.15, -0.1) is 0 Å². The molecule has 0 bridgehead atoms. The zero-order chi connectivity index (χ0) is 9.86. The van der Waals surface area contributed by atoms with Crippen LogP contribution in [0.25, 0.3) is 0 Å². The van der Waals surface area contributed by atoms with E-state index in [-0.39, 0.29) is 5.54 Å². The van der Waals surface area contributed by atoms with E-state index in [0.29, 0.717) is 6.61 Å². The fourth-order valence-corrected chi connectivity index (χ4v) is 2.68. The molecule has 14 heavy (non-hydrogen) atoms. The molecule has 2 nitrogen and oxygen atoms in total. The predicted molar refractivity (Wildman–Crippen MR) is 58.2 cm³/mol. The molecule has 0 heterocycles. The van der Waals surface area contributed by atoms with Crippen LogP contribution < -0.4 is 5.32 Å². The maximum absolute atomic E-state index is 9.48. The lowest BCUT2D eigenvalue weighted by Crippen LogP contribution is -2.51. The first-order chi connectivity index (χ1) is 6.85. The van der Waals surface area contributed by atoms with E-state index < -0.39 is 0 Å². The third-order valence-corrected chi connectivity index (χ3v) is 4.10. The van der Waals surface area contributed by atoms with Gasteiger partial charge in [0.15, 0.2) is 0 Å². The van der Waals surface area contributed by atoms with Crippen LogP contribution in [0, 0.1) is 5.92 Å². The van der Waals surface area contributed by atoms with E-state index in [0.717, 1.165) is 12.5 Å². The molecule has 0 aliphatic heterocycles. The van der Waals surface area contributed by atoms with Gasteiger partial charge in [0.25, 0.3) is 0 Å². The summed E-state index contributed by atoms with van der Waals surface area (Å²) >= 11 is 0. The lowest BCUT2D eigenvalue weighted by atomic mass is 9.80. The van der Waals surface area contributed by atoms with Crippen molar-refractivity contribution < 1.29 is 5.11 Å². The first kappa shape index (κ1) is 10.4. The molecule has 0 saturated heterocycles. The molecule has 0 radical (unpaired) electrons. The summed E-state index contributed by atoms with van der Waals surface area (Å²) in [6.07, 6.45) is 10.5. The van der Waals surface area contributed by atoms with Gasteiger partial charge in [-0.3, -0.25) is 0 Å². The second kappa shape index (κ2) is 4.63. The third kappa shape index (κ3) is 2.29. The van der Waals surface area contributed by atoms with Crippen molar-refractivity contribution in [1.29, 1.82) is 0 Å². The van der Waals surface area contributed by atoms with Crippen LogP contribution in [0.5, 0.6) is 0 Å². The Labute approximate surface area is 87.1 Å². The van der Waals surface area contributed by atoms with Gasteiger partial charge in [-0.25, -0.2) is 0 Å². The van der Waals surface area contributed by atoms with E-state index in [4.69, 9.17) is 0 Å². The van der Waals surface area contributed by atoms with Crippen LogP contribution in [0.1, 0.15) is 51.4 Å². The molecule has 0 atom stereocenters. The molecule has 82 valence electrons. The Balaban J connectivity index is 1.77. The summed E-state index contributed by atoms with van der Waals surface area (Å²) in [5, 5.41) is 13.1. The van der Waals surface area contributed by atoms with Gasteiger partial charge in [0.05, 0.1) is 6.61 Å². The van der Waals surface area contributed by atoms with Gasteiger partial charge in [0, 0.05) is 5.54 Å². The fraction of sp³-hybridized carbons (Fsp3) is 1.00. The number of aliphatic hydroxyl groups excluding tert-OH is 1. The van der Waals surface area contributed by atoms with E-state index in [1.807, 2.05) is 0 Å². The zero-order valence-electron chi connectivity index (χ0n) is 9.10. The Hall–Kier alpha value is -0.0800. The normalized spacial score (nSPS) is 27.2. The van der Waals surface area contributed by atoms with Crippen LogP contribution in [0.3, 0.4) is 0 Å². The van der Waals surface area contributed by atoms with Crippen LogP contribution in [-0.4, -0.2) is 23.8 Å². The van der Waals surface area contributed by atoms with Crippen molar-refractivity contribution in [3.05, 3.63) is 0 Å². The van der Waals surface area contributed by atoms with Gasteiger partial charge in [0.2, 0.25) is 0 Å². The largest absolute Gasteiger partial charge is 0.394 e. The first-order valence-electron chi connectivity index (χ1n) is 6.21. The van der Waals surface area contributed by atoms with E-state index in [2.05, 4.69) is 5.32 Å². The number of rotatable bonds is 4. The Morgan fingerprint density at radius 1 is 1.07 bits per heavy atom. The highest BCUT2D eigenvalue weighted by molar-refractivity contribution is 4.91. The smallest absolute Gasteiger partial charge is 0.0613 e. The van der Waals surface area contributed by atoms with Crippen molar-refractivity contribution in [2.24, 2.45) is 5.92 Å². The Morgan fingerprint density at radius 2 is 1.79 bits per heavy atom. The van der Waals surface area contributed by atoms with Gasteiger partial charge in [-0.05, 0) is 38.1 Å². The van der Waals surface area contributed by atoms with Gasteiger partial charge in [0.1, 0.15) is 0 Å². The first-order valence-corrected chi connectivity index (χ1v) is 6.21. The lowest BCUT2D eigenvalue weighted by Gasteiger charge is -2.39. The van der Waals surface area contributed by atoms with Crippen molar-refractivity contribution in [2.45, 2.75) is 56.9 Å². The predicted octanol–water partition coefficient (Wildman–Crippen LogP) is 2.07. The van der Waals surface area contributed by atoms with Crippen LogP contribution in [0.15, 0.2) is 0 Å². The quantitative estimate of drug-likeness (QED) is 0.723. The maximum atomic E-state index is 9.48. The second-order valence-electron chi connectivity index (χ2n) is 5.18. The molecule has 2 saturated carbocycles. The summed E-state index contributed by atoms with van der Waals surface area (Å²) in [4.78, 5) is 0. The summed E-state index contributed by atoms with van der Waals surface area (Å²) in [6, 6.07) is 0. The zero-order valence-corrected chi connectivity index (χ0v) is 9.10. The minimum absolute atomic E-state index is 0.0911. The monoisotopic (exact) mass is 197 g/mol. The summed E-state index contributed by atoms with van der Waals surface area (Å²) in [7, 11) is 0. The van der Waals surface area contributed by atoms with Crippen LogP contribution in [-0.2, 0) is 0 Å².